The van der Waals surface area contributed by atoms with E-state index in [1.807, 2.05) is 17.7 Å². The average Bonchev–Trinajstić information content (AvgIpc) is 2.92. The molecular weight excluding hydrogens is 254 g/mol. The second-order valence-electron chi connectivity index (χ2n) is 3.71. The highest BCUT2D eigenvalue weighted by atomic mass is 32.2. The Morgan fingerprint density at radius 3 is 3.00 bits per heavy atom. The number of aryl methyl sites for hydroxylation is 3. The summed E-state index contributed by atoms with van der Waals surface area (Å²) in [5, 5.41) is 17.0. The van der Waals surface area contributed by atoms with Crippen molar-refractivity contribution in [2.45, 2.75) is 25.2 Å². The van der Waals surface area contributed by atoms with Gasteiger partial charge in [0.2, 0.25) is 0 Å². The molecule has 1 N–H and O–H groups in total. The molecule has 0 unspecified atom stereocenters. The van der Waals surface area contributed by atoms with Crippen LogP contribution in [0.2, 0.25) is 0 Å². The molecule has 0 aliphatic carbocycles. The first-order valence-electron chi connectivity index (χ1n) is 5.37. The first-order chi connectivity index (χ1) is 8.65. The van der Waals surface area contributed by atoms with Crippen LogP contribution in [0.1, 0.15) is 5.69 Å². The Balaban J connectivity index is 2.00. The van der Waals surface area contributed by atoms with Gasteiger partial charge in [-0.1, -0.05) is 17.0 Å². The van der Waals surface area contributed by atoms with Gasteiger partial charge in [-0.3, -0.25) is 9.48 Å². The molecule has 8 heteroatoms. The van der Waals surface area contributed by atoms with Crippen molar-refractivity contribution >= 4 is 17.7 Å². The number of hydrogen-bond donors (Lipinski definition) is 1. The smallest absolute Gasteiger partial charge is 0.313 e. The van der Waals surface area contributed by atoms with Crippen molar-refractivity contribution in [1.29, 1.82) is 0 Å². The number of aromatic nitrogens is 5. The van der Waals surface area contributed by atoms with Crippen LogP contribution in [0.5, 0.6) is 0 Å². The predicted octanol–water partition coefficient (Wildman–Crippen LogP) is 0.660. The monoisotopic (exact) mass is 267 g/mol. The number of carboxylic acid groups (broad SMARTS) is 1. The SMILES string of the molecule is Cc1cn(CCn2ccnn2)c(SCC(=O)O)n1. The molecular formula is C10H13N5O2S. The van der Waals surface area contributed by atoms with E-state index in [1.165, 1.54) is 11.8 Å². The van der Waals surface area contributed by atoms with E-state index in [0.29, 0.717) is 13.1 Å². The fraction of sp³-hybridized carbons (Fsp3) is 0.400. The largest absolute Gasteiger partial charge is 0.481 e. The number of hydrogen-bond acceptors (Lipinski definition) is 5. The maximum absolute atomic E-state index is 10.6. The zero-order chi connectivity index (χ0) is 13.0. The van der Waals surface area contributed by atoms with Crippen LogP contribution in [0.15, 0.2) is 23.7 Å². The molecule has 96 valence electrons. The van der Waals surface area contributed by atoms with Crippen LogP contribution >= 0.6 is 11.8 Å². The molecule has 0 radical (unpaired) electrons. The predicted molar refractivity (Wildman–Crippen MR) is 65.3 cm³/mol. The molecule has 0 amide bonds. The molecule has 0 fully saturated rings. The number of thioether (sulfide) groups is 1. The number of rotatable bonds is 6. The van der Waals surface area contributed by atoms with Crippen LogP contribution in [-0.4, -0.2) is 41.4 Å². The third-order valence-electron chi connectivity index (χ3n) is 2.23. The Hall–Kier alpha value is -1.83. The van der Waals surface area contributed by atoms with Crippen LogP contribution in [0.3, 0.4) is 0 Å². The van der Waals surface area contributed by atoms with Gasteiger partial charge in [-0.05, 0) is 6.92 Å². The maximum Gasteiger partial charge on any atom is 0.313 e. The van der Waals surface area contributed by atoms with E-state index >= 15 is 0 Å². The molecule has 7 nitrogen and oxygen atoms in total. The van der Waals surface area contributed by atoms with Crippen molar-refractivity contribution < 1.29 is 9.90 Å². The number of imidazole rings is 1. The summed E-state index contributed by atoms with van der Waals surface area (Å²) in [7, 11) is 0. The van der Waals surface area contributed by atoms with Crippen LogP contribution < -0.4 is 0 Å². The van der Waals surface area contributed by atoms with Crippen molar-refractivity contribution in [1.82, 2.24) is 24.5 Å². The first kappa shape index (κ1) is 12.6. The minimum Gasteiger partial charge on any atom is -0.481 e. The van der Waals surface area contributed by atoms with Crippen molar-refractivity contribution in [3.05, 3.63) is 24.3 Å². The van der Waals surface area contributed by atoms with Gasteiger partial charge in [0.05, 0.1) is 24.2 Å². The Bertz CT molecular complexity index is 522. The number of carboxylic acids is 1. The topological polar surface area (TPSA) is 85.8 Å². The summed E-state index contributed by atoms with van der Waals surface area (Å²) in [6.07, 6.45) is 5.31. The molecule has 2 heterocycles. The van der Waals surface area contributed by atoms with Crippen LogP contribution in [0.4, 0.5) is 0 Å². The van der Waals surface area contributed by atoms with Gasteiger partial charge in [-0.2, -0.15) is 0 Å². The van der Waals surface area contributed by atoms with Gasteiger partial charge in [0, 0.05) is 18.9 Å². The molecule has 2 rings (SSSR count). The molecule has 0 bridgehead atoms. The van der Waals surface area contributed by atoms with E-state index in [2.05, 4.69) is 15.3 Å². The third kappa shape index (κ3) is 3.33. The van der Waals surface area contributed by atoms with E-state index in [9.17, 15) is 4.79 Å². The molecule has 18 heavy (non-hydrogen) atoms. The van der Waals surface area contributed by atoms with Crippen molar-refractivity contribution in [3.8, 4) is 0 Å². The zero-order valence-corrected chi connectivity index (χ0v) is 10.7. The van der Waals surface area contributed by atoms with Gasteiger partial charge in [-0.15, -0.1) is 5.10 Å². The van der Waals surface area contributed by atoms with Gasteiger partial charge in [0.25, 0.3) is 0 Å². The summed E-state index contributed by atoms with van der Waals surface area (Å²) in [6.45, 7) is 3.25. The van der Waals surface area contributed by atoms with Crippen molar-refractivity contribution in [2.75, 3.05) is 5.75 Å². The van der Waals surface area contributed by atoms with Crippen LogP contribution in [0.25, 0.3) is 0 Å². The molecule has 0 aliphatic heterocycles. The molecule has 2 aromatic heterocycles. The lowest BCUT2D eigenvalue weighted by atomic mass is 10.5. The van der Waals surface area contributed by atoms with E-state index in [4.69, 9.17) is 5.11 Å². The maximum atomic E-state index is 10.6. The summed E-state index contributed by atoms with van der Waals surface area (Å²) < 4.78 is 3.66. The lowest BCUT2D eigenvalue weighted by Gasteiger charge is -2.06. The average molecular weight is 267 g/mol. The molecule has 0 atom stereocenters. The van der Waals surface area contributed by atoms with E-state index in [1.54, 1.807) is 17.1 Å². The molecule has 0 aromatic carbocycles. The van der Waals surface area contributed by atoms with Gasteiger partial charge < -0.3 is 9.67 Å². The summed E-state index contributed by atoms with van der Waals surface area (Å²) in [5.41, 5.74) is 0.876. The quantitative estimate of drug-likeness (QED) is 0.774. The summed E-state index contributed by atoms with van der Waals surface area (Å²) in [6, 6.07) is 0. The molecule has 0 aliphatic rings. The Kier molecular flexibility index (Phi) is 3.98. The van der Waals surface area contributed by atoms with Crippen molar-refractivity contribution in [3.63, 3.8) is 0 Å². The van der Waals surface area contributed by atoms with E-state index in [0.717, 1.165) is 10.9 Å². The Morgan fingerprint density at radius 1 is 1.50 bits per heavy atom. The second kappa shape index (κ2) is 5.67. The summed E-state index contributed by atoms with van der Waals surface area (Å²) >= 11 is 1.22. The standard InChI is InChI=1S/C10H13N5O2S/c1-8-6-14(4-5-15-3-2-11-13-15)10(12-8)18-7-9(16)17/h2-3,6H,4-5,7H2,1H3,(H,16,17). The fourth-order valence-electron chi connectivity index (χ4n) is 1.49. The number of aliphatic carboxylic acids is 1. The normalized spacial score (nSPS) is 10.7. The minimum absolute atomic E-state index is 0.0137. The first-order valence-corrected chi connectivity index (χ1v) is 6.36. The summed E-state index contributed by atoms with van der Waals surface area (Å²) in [4.78, 5) is 14.9. The molecule has 0 saturated heterocycles. The molecule has 2 aromatic rings. The highest BCUT2D eigenvalue weighted by Gasteiger charge is 2.08. The number of carbonyl (C=O) groups is 1. The number of nitrogens with zero attached hydrogens (tertiary/aromatic N) is 5. The Morgan fingerprint density at radius 2 is 2.33 bits per heavy atom. The third-order valence-corrected chi connectivity index (χ3v) is 3.20. The minimum atomic E-state index is -0.844. The van der Waals surface area contributed by atoms with Crippen LogP contribution in [0, 0.1) is 6.92 Å². The van der Waals surface area contributed by atoms with Gasteiger partial charge in [0.1, 0.15) is 0 Å². The summed E-state index contributed by atoms with van der Waals surface area (Å²) in [5.74, 6) is -0.830. The van der Waals surface area contributed by atoms with Gasteiger partial charge >= 0.3 is 5.97 Å². The second-order valence-corrected chi connectivity index (χ2v) is 4.65. The van der Waals surface area contributed by atoms with Gasteiger partial charge in [-0.25, -0.2) is 4.98 Å². The fourth-order valence-corrected chi connectivity index (χ4v) is 2.26. The van der Waals surface area contributed by atoms with Crippen molar-refractivity contribution in [2.24, 2.45) is 0 Å². The zero-order valence-electron chi connectivity index (χ0n) is 9.85. The molecule has 0 saturated carbocycles. The highest BCUT2D eigenvalue weighted by molar-refractivity contribution is 7.99. The lowest BCUT2D eigenvalue weighted by Crippen LogP contribution is -2.09. The van der Waals surface area contributed by atoms with Crippen LogP contribution in [-0.2, 0) is 17.9 Å². The Labute approximate surface area is 108 Å². The molecule has 0 spiro atoms. The highest BCUT2D eigenvalue weighted by Crippen LogP contribution is 2.17. The van der Waals surface area contributed by atoms with E-state index < -0.39 is 5.97 Å². The lowest BCUT2D eigenvalue weighted by molar-refractivity contribution is -0.133. The van der Waals surface area contributed by atoms with E-state index in [-0.39, 0.29) is 5.75 Å². The van der Waals surface area contributed by atoms with Gasteiger partial charge in [0.15, 0.2) is 5.16 Å².